The summed E-state index contributed by atoms with van der Waals surface area (Å²) in [5.74, 6) is 0.432. The standard InChI is InChI=1S/C22H26N8O2/c1-21(2,29-19(31)27-17-23-10-6-11-24-17)15-8-5-9-16(14-15)22(3,4)30-20(32)28-18-25-12-7-13-26-18/h5-14H,1-4H3,(H2,23,24,27,29,31)(H2,25,26,28,30,32). The maximum Gasteiger partial charge on any atom is 0.322 e. The number of anilines is 2. The van der Waals surface area contributed by atoms with Crippen molar-refractivity contribution in [1.29, 1.82) is 0 Å². The monoisotopic (exact) mass is 434 g/mol. The topological polar surface area (TPSA) is 134 Å². The van der Waals surface area contributed by atoms with Crippen molar-refractivity contribution in [2.75, 3.05) is 10.6 Å². The van der Waals surface area contributed by atoms with E-state index in [9.17, 15) is 9.59 Å². The first-order valence-electron chi connectivity index (χ1n) is 9.99. The highest BCUT2D eigenvalue weighted by atomic mass is 16.2. The van der Waals surface area contributed by atoms with Gasteiger partial charge in [0.25, 0.3) is 0 Å². The van der Waals surface area contributed by atoms with E-state index < -0.39 is 23.1 Å². The largest absolute Gasteiger partial charge is 0.329 e. The summed E-state index contributed by atoms with van der Waals surface area (Å²) in [5.41, 5.74) is 0.317. The molecule has 0 fully saturated rings. The van der Waals surface area contributed by atoms with Crippen LogP contribution in [0.2, 0.25) is 0 Å². The Morgan fingerprint density at radius 1 is 0.656 bits per heavy atom. The first kappa shape index (κ1) is 22.6. The van der Waals surface area contributed by atoms with E-state index in [1.54, 1.807) is 36.9 Å². The van der Waals surface area contributed by atoms with Crippen molar-refractivity contribution in [3.63, 3.8) is 0 Å². The molecule has 0 aliphatic carbocycles. The lowest BCUT2D eigenvalue weighted by atomic mass is 9.87. The summed E-state index contributed by atoms with van der Waals surface area (Å²) < 4.78 is 0. The molecule has 0 radical (unpaired) electrons. The van der Waals surface area contributed by atoms with Gasteiger partial charge in [-0.05, 0) is 51.0 Å². The molecule has 4 N–H and O–H groups in total. The quantitative estimate of drug-likeness (QED) is 0.470. The molecule has 1 aromatic carbocycles. The second-order valence-electron chi connectivity index (χ2n) is 8.13. The Labute approximate surface area is 186 Å². The molecule has 166 valence electrons. The molecule has 3 rings (SSSR count). The number of benzene rings is 1. The molecule has 0 unspecified atom stereocenters. The summed E-state index contributed by atoms with van der Waals surface area (Å²) in [4.78, 5) is 40.8. The SMILES string of the molecule is CC(C)(NC(=O)Nc1ncccn1)c1cccc(C(C)(C)NC(=O)Nc2ncccn2)c1. The van der Waals surface area contributed by atoms with Gasteiger partial charge in [0.15, 0.2) is 0 Å². The number of nitrogens with one attached hydrogen (secondary N) is 4. The van der Waals surface area contributed by atoms with Crippen molar-refractivity contribution in [3.8, 4) is 0 Å². The van der Waals surface area contributed by atoms with Gasteiger partial charge in [0.2, 0.25) is 11.9 Å². The van der Waals surface area contributed by atoms with Crippen molar-refractivity contribution < 1.29 is 9.59 Å². The number of nitrogens with zero attached hydrogens (tertiary/aromatic N) is 4. The average molecular weight is 435 g/mol. The van der Waals surface area contributed by atoms with Crippen LogP contribution in [0, 0.1) is 0 Å². The van der Waals surface area contributed by atoms with Gasteiger partial charge in [-0.25, -0.2) is 29.5 Å². The number of urea groups is 2. The number of aromatic nitrogens is 4. The van der Waals surface area contributed by atoms with Crippen LogP contribution in [0.5, 0.6) is 0 Å². The van der Waals surface area contributed by atoms with E-state index in [2.05, 4.69) is 41.2 Å². The molecule has 10 nitrogen and oxygen atoms in total. The van der Waals surface area contributed by atoms with Gasteiger partial charge in [-0.1, -0.05) is 24.3 Å². The highest BCUT2D eigenvalue weighted by Gasteiger charge is 2.28. The molecule has 0 saturated heterocycles. The molecule has 0 atom stereocenters. The number of carbonyl (C=O) groups excluding carboxylic acids is 2. The third kappa shape index (κ3) is 5.97. The molecule has 0 bridgehead atoms. The van der Waals surface area contributed by atoms with Crippen LogP contribution in [-0.4, -0.2) is 32.0 Å². The molecular weight excluding hydrogens is 408 g/mol. The number of amides is 4. The van der Waals surface area contributed by atoms with Gasteiger partial charge in [0, 0.05) is 24.8 Å². The van der Waals surface area contributed by atoms with Crippen molar-refractivity contribution in [3.05, 3.63) is 72.3 Å². The van der Waals surface area contributed by atoms with Crippen LogP contribution in [-0.2, 0) is 11.1 Å². The lowest BCUT2D eigenvalue weighted by Gasteiger charge is -2.31. The maximum atomic E-state index is 12.4. The highest BCUT2D eigenvalue weighted by Crippen LogP contribution is 2.26. The lowest BCUT2D eigenvalue weighted by molar-refractivity contribution is 0.241. The first-order chi connectivity index (χ1) is 15.2. The number of hydrogen-bond donors (Lipinski definition) is 4. The minimum atomic E-state index is -0.703. The highest BCUT2D eigenvalue weighted by molar-refractivity contribution is 5.88. The Morgan fingerprint density at radius 3 is 1.41 bits per heavy atom. The van der Waals surface area contributed by atoms with Crippen molar-refractivity contribution in [2.24, 2.45) is 0 Å². The average Bonchev–Trinajstić information content (AvgIpc) is 2.74. The van der Waals surface area contributed by atoms with E-state index in [1.165, 1.54) is 0 Å². The van der Waals surface area contributed by atoms with Gasteiger partial charge < -0.3 is 10.6 Å². The zero-order valence-electron chi connectivity index (χ0n) is 18.4. The molecule has 10 heteroatoms. The van der Waals surface area contributed by atoms with Gasteiger partial charge in [-0.15, -0.1) is 0 Å². The van der Waals surface area contributed by atoms with E-state index in [0.29, 0.717) is 0 Å². The summed E-state index contributed by atoms with van der Waals surface area (Å²) in [5, 5.41) is 11.1. The van der Waals surface area contributed by atoms with E-state index in [4.69, 9.17) is 0 Å². The second-order valence-corrected chi connectivity index (χ2v) is 8.13. The minimum absolute atomic E-state index is 0.216. The van der Waals surface area contributed by atoms with E-state index >= 15 is 0 Å². The Kier molecular flexibility index (Phi) is 6.62. The first-order valence-corrected chi connectivity index (χ1v) is 9.99. The van der Waals surface area contributed by atoms with Crippen molar-refractivity contribution in [1.82, 2.24) is 30.6 Å². The molecule has 3 aromatic rings. The van der Waals surface area contributed by atoms with Crippen LogP contribution >= 0.6 is 0 Å². The van der Waals surface area contributed by atoms with Crippen LogP contribution in [0.25, 0.3) is 0 Å². The summed E-state index contributed by atoms with van der Waals surface area (Å²) in [6.07, 6.45) is 6.19. The Balaban J connectivity index is 1.69. The van der Waals surface area contributed by atoms with Crippen LogP contribution in [0.15, 0.2) is 61.2 Å². The summed E-state index contributed by atoms with van der Waals surface area (Å²) in [6.45, 7) is 7.55. The summed E-state index contributed by atoms with van der Waals surface area (Å²) in [6, 6.07) is 10.1. The third-order valence-electron chi connectivity index (χ3n) is 4.74. The summed E-state index contributed by atoms with van der Waals surface area (Å²) >= 11 is 0. The minimum Gasteiger partial charge on any atom is -0.329 e. The molecule has 0 aliphatic heterocycles. The molecule has 0 saturated carbocycles. The number of rotatable bonds is 6. The normalized spacial score (nSPS) is 11.4. The number of carbonyl (C=O) groups is 2. The van der Waals surface area contributed by atoms with Crippen molar-refractivity contribution in [2.45, 2.75) is 38.8 Å². The Hall–Kier alpha value is -4.08. The predicted octanol–water partition coefficient (Wildman–Crippen LogP) is 3.38. The van der Waals surface area contributed by atoms with Crippen LogP contribution in [0.4, 0.5) is 21.5 Å². The van der Waals surface area contributed by atoms with Gasteiger partial charge in [-0.2, -0.15) is 0 Å². The summed E-state index contributed by atoms with van der Waals surface area (Å²) in [7, 11) is 0. The Bertz CT molecular complexity index is 989. The number of hydrogen-bond acceptors (Lipinski definition) is 6. The van der Waals surface area contributed by atoms with E-state index in [0.717, 1.165) is 11.1 Å². The van der Waals surface area contributed by atoms with Crippen LogP contribution < -0.4 is 21.3 Å². The van der Waals surface area contributed by atoms with Crippen molar-refractivity contribution >= 4 is 24.0 Å². The van der Waals surface area contributed by atoms with Gasteiger partial charge in [-0.3, -0.25) is 10.6 Å². The van der Waals surface area contributed by atoms with Gasteiger partial charge >= 0.3 is 12.1 Å². The van der Waals surface area contributed by atoms with Gasteiger partial charge in [0.05, 0.1) is 11.1 Å². The second kappa shape index (κ2) is 9.38. The lowest BCUT2D eigenvalue weighted by Crippen LogP contribution is -2.45. The fraction of sp³-hybridized carbons (Fsp3) is 0.273. The molecule has 2 aromatic heterocycles. The van der Waals surface area contributed by atoms with E-state index in [-0.39, 0.29) is 11.9 Å². The molecule has 4 amide bonds. The zero-order chi connectivity index (χ0) is 23.2. The molecule has 0 spiro atoms. The maximum absolute atomic E-state index is 12.4. The molecule has 32 heavy (non-hydrogen) atoms. The fourth-order valence-corrected chi connectivity index (χ4v) is 3.00. The smallest absolute Gasteiger partial charge is 0.322 e. The molecule has 0 aliphatic rings. The molecule has 2 heterocycles. The fourth-order valence-electron chi connectivity index (χ4n) is 3.00. The molecular formula is C22H26N8O2. The predicted molar refractivity (Wildman–Crippen MR) is 121 cm³/mol. The van der Waals surface area contributed by atoms with Crippen LogP contribution in [0.3, 0.4) is 0 Å². The third-order valence-corrected chi connectivity index (χ3v) is 4.74. The van der Waals surface area contributed by atoms with Crippen LogP contribution in [0.1, 0.15) is 38.8 Å². The van der Waals surface area contributed by atoms with E-state index in [1.807, 2.05) is 52.0 Å². The zero-order valence-corrected chi connectivity index (χ0v) is 18.4. The van der Waals surface area contributed by atoms with Gasteiger partial charge in [0.1, 0.15) is 0 Å². The Morgan fingerprint density at radius 2 is 1.03 bits per heavy atom.